The second kappa shape index (κ2) is 6.92. The van der Waals surface area contributed by atoms with Crippen LogP contribution in [-0.4, -0.2) is 36.8 Å². The first kappa shape index (κ1) is 15.0. The minimum Gasteiger partial charge on any atom is -0.484 e. The number of benzene rings is 2. The third-order valence-electron chi connectivity index (χ3n) is 3.80. The molecule has 0 spiro atoms. The molecule has 0 radical (unpaired) electrons. The highest BCUT2D eigenvalue weighted by Gasteiger charge is 2.20. The van der Waals surface area contributed by atoms with Gasteiger partial charge in [0.15, 0.2) is 6.61 Å². The number of aldehydes is 1. The molecule has 0 atom stereocenters. The van der Waals surface area contributed by atoms with Crippen molar-refractivity contribution in [2.75, 3.05) is 19.7 Å². The molecule has 4 nitrogen and oxygen atoms in total. The molecule has 1 aliphatic rings. The molecule has 0 unspecified atom stereocenters. The Kier molecular flexibility index (Phi) is 4.52. The summed E-state index contributed by atoms with van der Waals surface area (Å²) in [6.07, 6.45) is 2.85. The third-order valence-corrected chi connectivity index (χ3v) is 3.80. The van der Waals surface area contributed by atoms with Crippen LogP contribution in [0.3, 0.4) is 0 Å². The first-order chi connectivity index (χ1) is 11.3. The van der Waals surface area contributed by atoms with Gasteiger partial charge in [0.05, 0.1) is 0 Å². The van der Waals surface area contributed by atoms with Crippen molar-refractivity contribution in [3.05, 3.63) is 71.8 Å². The zero-order valence-electron chi connectivity index (χ0n) is 12.6. The number of ether oxygens (including phenoxy) is 1. The van der Waals surface area contributed by atoms with Gasteiger partial charge in [-0.3, -0.25) is 9.59 Å². The van der Waals surface area contributed by atoms with Gasteiger partial charge in [-0.2, -0.15) is 0 Å². The van der Waals surface area contributed by atoms with Gasteiger partial charge in [0.2, 0.25) is 0 Å². The maximum atomic E-state index is 12.2. The van der Waals surface area contributed by atoms with Gasteiger partial charge in [0.25, 0.3) is 5.91 Å². The summed E-state index contributed by atoms with van der Waals surface area (Å²) in [5, 5.41) is 0. The summed E-state index contributed by atoms with van der Waals surface area (Å²) in [6, 6.07) is 16.8. The van der Waals surface area contributed by atoms with Crippen molar-refractivity contribution in [3.63, 3.8) is 0 Å². The number of hydrogen-bond donors (Lipinski definition) is 0. The Morgan fingerprint density at radius 2 is 1.83 bits per heavy atom. The highest BCUT2D eigenvalue weighted by Crippen LogP contribution is 2.21. The molecule has 0 saturated carbocycles. The molecule has 2 aromatic carbocycles. The minimum absolute atomic E-state index is 0.00363. The fourth-order valence-electron chi connectivity index (χ4n) is 2.49. The Bertz CT molecular complexity index is 720. The van der Waals surface area contributed by atoms with Gasteiger partial charge in [0, 0.05) is 18.7 Å². The fraction of sp³-hybridized carbons (Fsp3) is 0.158. The summed E-state index contributed by atoms with van der Waals surface area (Å²) in [6.45, 7) is 1.21. The van der Waals surface area contributed by atoms with E-state index in [1.54, 1.807) is 29.2 Å². The van der Waals surface area contributed by atoms with Gasteiger partial charge in [-0.05, 0) is 35.4 Å². The average Bonchev–Trinajstić information content (AvgIpc) is 3.11. The monoisotopic (exact) mass is 307 g/mol. The molecular formula is C19H17NO3. The Balaban J connectivity index is 1.53. The van der Waals surface area contributed by atoms with Gasteiger partial charge in [-0.1, -0.05) is 36.4 Å². The van der Waals surface area contributed by atoms with Crippen LogP contribution in [0, 0.1) is 0 Å². The lowest BCUT2D eigenvalue weighted by molar-refractivity contribution is -0.131. The first-order valence-corrected chi connectivity index (χ1v) is 7.46. The van der Waals surface area contributed by atoms with E-state index in [1.807, 2.05) is 30.3 Å². The van der Waals surface area contributed by atoms with Crippen LogP contribution in [-0.2, 0) is 4.79 Å². The van der Waals surface area contributed by atoms with Crippen LogP contribution in [0.4, 0.5) is 0 Å². The highest BCUT2D eigenvalue weighted by atomic mass is 16.5. The predicted molar refractivity (Wildman–Crippen MR) is 88.3 cm³/mol. The molecule has 116 valence electrons. The largest absolute Gasteiger partial charge is 0.484 e. The Morgan fingerprint density at radius 1 is 1.09 bits per heavy atom. The summed E-state index contributed by atoms with van der Waals surface area (Å²) in [5.41, 5.74) is 2.89. The number of rotatable bonds is 5. The zero-order valence-corrected chi connectivity index (χ0v) is 12.6. The number of amides is 1. The van der Waals surface area contributed by atoms with E-state index in [9.17, 15) is 9.59 Å². The smallest absolute Gasteiger partial charge is 0.261 e. The predicted octanol–water partition coefficient (Wildman–Crippen LogP) is 2.80. The maximum Gasteiger partial charge on any atom is 0.261 e. The highest BCUT2D eigenvalue weighted by molar-refractivity contribution is 5.83. The molecule has 1 aliphatic heterocycles. The van der Waals surface area contributed by atoms with E-state index in [4.69, 9.17) is 4.74 Å². The van der Waals surface area contributed by atoms with Crippen molar-refractivity contribution >= 4 is 17.8 Å². The summed E-state index contributed by atoms with van der Waals surface area (Å²) < 4.78 is 5.49. The van der Waals surface area contributed by atoms with Crippen LogP contribution in [0.15, 0.2) is 60.7 Å². The van der Waals surface area contributed by atoms with E-state index < -0.39 is 0 Å². The van der Waals surface area contributed by atoms with Gasteiger partial charge < -0.3 is 9.64 Å². The van der Waals surface area contributed by atoms with Gasteiger partial charge in [-0.15, -0.1) is 0 Å². The lowest BCUT2D eigenvalue weighted by Crippen LogP contribution is -2.33. The van der Waals surface area contributed by atoms with E-state index in [2.05, 4.69) is 6.08 Å². The molecule has 1 amide bonds. The molecule has 3 rings (SSSR count). The summed E-state index contributed by atoms with van der Waals surface area (Å²) in [7, 11) is 0. The van der Waals surface area contributed by atoms with Gasteiger partial charge in [0.1, 0.15) is 12.0 Å². The van der Waals surface area contributed by atoms with Crippen molar-refractivity contribution < 1.29 is 14.3 Å². The SMILES string of the molecule is O=Cc1ccc(OCC(=O)N2CC=C(c3ccccc3)C2)cc1. The van der Waals surface area contributed by atoms with Crippen molar-refractivity contribution in [3.8, 4) is 5.75 Å². The molecule has 0 saturated heterocycles. The van der Waals surface area contributed by atoms with Crippen LogP contribution in [0.25, 0.3) is 5.57 Å². The molecule has 0 N–H and O–H groups in total. The number of nitrogens with zero attached hydrogens (tertiary/aromatic N) is 1. The molecule has 0 fully saturated rings. The lowest BCUT2D eigenvalue weighted by atomic mass is 10.1. The standard InChI is InChI=1S/C19H17NO3/c21-13-15-6-8-18(9-7-15)23-14-19(22)20-11-10-17(12-20)16-4-2-1-3-5-16/h1-10,13H,11-12,14H2. The molecule has 0 aromatic heterocycles. The minimum atomic E-state index is -0.0494. The van der Waals surface area contributed by atoms with Crippen LogP contribution in [0.1, 0.15) is 15.9 Å². The average molecular weight is 307 g/mol. The molecule has 0 aliphatic carbocycles. The normalized spacial score (nSPS) is 13.6. The molecule has 2 aromatic rings. The fourth-order valence-corrected chi connectivity index (χ4v) is 2.49. The van der Waals surface area contributed by atoms with Crippen molar-refractivity contribution in [1.29, 1.82) is 0 Å². The first-order valence-electron chi connectivity index (χ1n) is 7.46. The van der Waals surface area contributed by atoms with Crippen molar-refractivity contribution in [2.24, 2.45) is 0 Å². The second-order valence-corrected chi connectivity index (χ2v) is 5.35. The molecule has 23 heavy (non-hydrogen) atoms. The topological polar surface area (TPSA) is 46.6 Å². The molecule has 4 heteroatoms. The summed E-state index contributed by atoms with van der Waals surface area (Å²) in [4.78, 5) is 24.6. The van der Waals surface area contributed by atoms with E-state index in [0.717, 1.165) is 17.4 Å². The maximum absolute atomic E-state index is 12.2. The van der Waals surface area contributed by atoms with E-state index >= 15 is 0 Å². The zero-order chi connectivity index (χ0) is 16.1. The van der Waals surface area contributed by atoms with Crippen LogP contribution in [0.2, 0.25) is 0 Å². The Labute approximate surface area is 135 Å². The van der Waals surface area contributed by atoms with Gasteiger partial charge in [-0.25, -0.2) is 0 Å². The summed E-state index contributed by atoms with van der Waals surface area (Å²) in [5.74, 6) is 0.533. The van der Waals surface area contributed by atoms with E-state index in [-0.39, 0.29) is 12.5 Å². The van der Waals surface area contributed by atoms with Crippen molar-refractivity contribution in [1.82, 2.24) is 4.90 Å². The lowest BCUT2D eigenvalue weighted by Gasteiger charge is -2.17. The van der Waals surface area contributed by atoms with E-state index in [1.165, 1.54) is 0 Å². The van der Waals surface area contributed by atoms with Crippen molar-refractivity contribution in [2.45, 2.75) is 0 Å². The Hall–Kier alpha value is -2.88. The van der Waals surface area contributed by atoms with Crippen LogP contribution in [0.5, 0.6) is 5.75 Å². The van der Waals surface area contributed by atoms with Gasteiger partial charge >= 0.3 is 0 Å². The quantitative estimate of drug-likeness (QED) is 0.798. The van der Waals surface area contributed by atoms with Crippen LogP contribution < -0.4 is 4.74 Å². The number of carbonyl (C=O) groups is 2. The third kappa shape index (κ3) is 3.66. The number of hydrogen-bond acceptors (Lipinski definition) is 3. The Morgan fingerprint density at radius 3 is 2.52 bits per heavy atom. The molecular weight excluding hydrogens is 290 g/mol. The second-order valence-electron chi connectivity index (χ2n) is 5.35. The van der Waals surface area contributed by atoms with E-state index in [0.29, 0.717) is 24.4 Å². The molecule has 1 heterocycles. The molecule has 0 bridgehead atoms. The van der Waals surface area contributed by atoms with Crippen LogP contribution >= 0.6 is 0 Å². The number of carbonyl (C=O) groups excluding carboxylic acids is 2. The summed E-state index contributed by atoms with van der Waals surface area (Å²) >= 11 is 0.